The van der Waals surface area contributed by atoms with Gasteiger partial charge >= 0.3 is 0 Å². The average molecular weight is 183 g/mol. The number of hydrogen-bond acceptors (Lipinski definition) is 3. The van der Waals surface area contributed by atoms with Crippen LogP contribution in [0.4, 0.5) is 0 Å². The van der Waals surface area contributed by atoms with Crippen LogP contribution in [-0.2, 0) is 0 Å². The first kappa shape index (κ1) is 9.83. The molecule has 1 atom stereocenters. The second-order valence-electron chi connectivity index (χ2n) is 3.40. The summed E-state index contributed by atoms with van der Waals surface area (Å²) in [6.07, 6.45) is 3.98. The third kappa shape index (κ3) is 2.61. The van der Waals surface area contributed by atoms with Gasteiger partial charge in [0, 0.05) is 26.9 Å². The smallest absolute Gasteiger partial charge is 0.188 e. The van der Waals surface area contributed by atoms with E-state index in [4.69, 9.17) is 11.1 Å². The van der Waals surface area contributed by atoms with Crippen LogP contribution in [0.1, 0.15) is 12.8 Å². The van der Waals surface area contributed by atoms with Crippen molar-refractivity contribution in [1.82, 2.24) is 9.91 Å². The molecule has 0 aliphatic carbocycles. The summed E-state index contributed by atoms with van der Waals surface area (Å²) >= 11 is 0. The van der Waals surface area contributed by atoms with Gasteiger partial charge in [0.05, 0.1) is 6.04 Å². The zero-order valence-corrected chi connectivity index (χ0v) is 8.20. The van der Waals surface area contributed by atoms with Gasteiger partial charge in [-0.1, -0.05) is 0 Å². The van der Waals surface area contributed by atoms with Gasteiger partial charge in [-0.3, -0.25) is 5.41 Å². The minimum absolute atomic E-state index is 0.146. The maximum atomic E-state index is 7.34. The van der Waals surface area contributed by atoms with Crippen molar-refractivity contribution < 1.29 is 0 Å². The predicted octanol–water partition coefficient (Wildman–Crippen LogP) is -0.108. The highest BCUT2D eigenvalue weighted by Crippen LogP contribution is 2.14. The maximum absolute atomic E-state index is 7.34. The first-order valence-corrected chi connectivity index (χ1v) is 4.43. The van der Waals surface area contributed by atoms with Gasteiger partial charge in [0.1, 0.15) is 0 Å². The summed E-state index contributed by atoms with van der Waals surface area (Å²) in [5, 5.41) is 13.2. The number of rotatable bonds is 2. The Bertz CT molecular complexity index is 211. The quantitative estimate of drug-likeness (QED) is 0.356. The minimum atomic E-state index is 0.146. The Morgan fingerprint density at radius 3 is 2.92 bits per heavy atom. The molecular formula is C8H17N5. The molecule has 1 aliphatic heterocycles. The van der Waals surface area contributed by atoms with Crippen LogP contribution < -0.4 is 5.73 Å². The van der Waals surface area contributed by atoms with E-state index >= 15 is 0 Å². The van der Waals surface area contributed by atoms with E-state index in [9.17, 15) is 0 Å². The predicted molar refractivity (Wildman–Crippen MR) is 53.8 cm³/mol. The van der Waals surface area contributed by atoms with E-state index in [0.717, 1.165) is 19.4 Å². The molecule has 0 amide bonds. The summed E-state index contributed by atoms with van der Waals surface area (Å²) in [6, 6.07) is 0.208. The van der Waals surface area contributed by atoms with Gasteiger partial charge in [-0.25, -0.2) is 0 Å². The molecule has 74 valence electrons. The van der Waals surface area contributed by atoms with Crippen LogP contribution in [0.5, 0.6) is 0 Å². The Hall–Kier alpha value is -1.26. The van der Waals surface area contributed by atoms with Crippen molar-refractivity contribution in [1.29, 1.82) is 5.41 Å². The van der Waals surface area contributed by atoms with Gasteiger partial charge in [-0.2, -0.15) is 5.10 Å². The van der Waals surface area contributed by atoms with Crippen LogP contribution in [0, 0.1) is 5.41 Å². The number of likely N-dealkylation sites (tertiary alicyclic amines) is 1. The van der Waals surface area contributed by atoms with E-state index in [1.807, 2.05) is 25.2 Å². The molecule has 1 fully saturated rings. The molecule has 1 rings (SSSR count). The van der Waals surface area contributed by atoms with Crippen LogP contribution in [0.2, 0.25) is 0 Å². The summed E-state index contributed by atoms with van der Waals surface area (Å²) in [7, 11) is 3.76. The Kier molecular flexibility index (Phi) is 3.11. The van der Waals surface area contributed by atoms with Crippen molar-refractivity contribution in [3.8, 4) is 0 Å². The molecule has 1 heterocycles. The highest BCUT2D eigenvalue weighted by Gasteiger charge is 2.23. The SMILES string of the molecule is CN(C)N=CC1CCCN1C(=N)N. The topological polar surface area (TPSA) is 68.7 Å². The van der Waals surface area contributed by atoms with Gasteiger partial charge in [0.25, 0.3) is 0 Å². The lowest BCUT2D eigenvalue weighted by atomic mass is 10.2. The molecular weight excluding hydrogens is 166 g/mol. The van der Waals surface area contributed by atoms with E-state index < -0.39 is 0 Å². The Morgan fingerprint density at radius 2 is 2.38 bits per heavy atom. The lowest BCUT2D eigenvalue weighted by Crippen LogP contribution is -2.40. The van der Waals surface area contributed by atoms with E-state index in [-0.39, 0.29) is 12.0 Å². The Labute approximate surface area is 78.7 Å². The Balaban J connectivity index is 2.53. The van der Waals surface area contributed by atoms with Gasteiger partial charge < -0.3 is 15.6 Å². The summed E-state index contributed by atoms with van der Waals surface area (Å²) in [5.41, 5.74) is 5.43. The number of hydrogen-bond donors (Lipinski definition) is 2. The first-order chi connectivity index (χ1) is 6.11. The second-order valence-corrected chi connectivity index (χ2v) is 3.40. The summed E-state index contributed by atoms with van der Waals surface area (Å²) in [5.74, 6) is 0.146. The lowest BCUT2D eigenvalue weighted by molar-refractivity contribution is 0.421. The molecule has 1 saturated heterocycles. The summed E-state index contributed by atoms with van der Waals surface area (Å²) in [6.45, 7) is 0.874. The number of nitrogens with one attached hydrogen (secondary N) is 1. The van der Waals surface area contributed by atoms with Crippen LogP contribution in [-0.4, -0.2) is 48.8 Å². The number of nitrogens with two attached hydrogens (primary N) is 1. The van der Waals surface area contributed by atoms with E-state index in [1.54, 1.807) is 5.01 Å². The molecule has 0 aromatic carbocycles. The molecule has 1 aliphatic rings. The highest BCUT2D eigenvalue weighted by atomic mass is 15.4. The molecule has 0 spiro atoms. The summed E-state index contributed by atoms with van der Waals surface area (Å²) in [4.78, 5) is 1.87. The average Bonchev–Trinajstić information content (AvgIpc) is 2.47. The van der Waals surface area contributed by atoms with Crippen molar-refractivity contribution in [3.05, 3.63) is 0 Å². The van der Waals surface area contributed by atoms with Crippen molar-refractivity contribution in [3.63, 3.8) is 0 Å². The fourth-order valence-electron chi connectivity index (χ4n) is 1.46. The fraction of sp³-hybridized carbons (Fsp3) is 0.750. The molecule has 5 nitrogen and oxygen atoms in total. The van der Waals surface area contributed by atoms with Crippen LogP contribution in [0.25, 0.3) is 0 Å². The van der Waals surface area contributed by atoms with Crippen molar-refractivity contribution in [2.45, 2.75) is 18.9 Å². The normalized spacial score (nSPS) is 22.6. The highest BCUT2D eigenvalue weighted by molar-refractivity contribution is 5.80. The van der Waals surface area contributed by atoms with Gasteiger partial charge in [-0.15, -0.1) is 0 Å². The van der Waals surface area contributed by atoms with Crippen LogP contribution in [0.15, 0.2) is 5.10 Å². The maximum Gasteiger partial charge on any atom is 0.188 e. The fourth-order valence-corrected chi connectivity index (χ4v) is 1.46. The van der Waals surface area contributed by atoms with Gasteiger partial charge in [-0.05, 0) is 12.8 Å². The Morgan fingerprint density at radius 1 is 1.69 bits per heavy atom. The van der Waals surface area contributed by atoms with Crippen molar-refractivity contribution >= 4 is 12.2 Å². The molecule has 5 heteroatoms. The van der Waals surface area contributed by atoms with E-state index in [0.29, 0.717) is 0 Å². The molecule has 0 bridgehead atoms. The van der Waals surface area contributed by atoms with Crippen LogP contribution in [0.3, 0.4) is 0 Å². The summed E-state index contributed by atoms with van der Waals surface area (Å²) < 4.78 is 0. The van der Waals surface area contributed by atoms with Crippen molar-refractivity contribution in [2.75, 3.05) is 20.6 Å². The molecule has 0 aromatic rings. The van der Waals surface area contributed by atoms with Crippen molar-refractivity contribution in [2.24, 2.45) is 10.8 Å². The molecule has 1 unspecified atom stereocenters. The monoisotopic (exact) mass is 183 g/mol. The minimum Gasteiger partial charge on any atom is -0.370 e. The molecule has 0 aromatic heterocycles. The largest absolute Gasteiger partial charge is 0.370 e. The number of nitrogens with zero attached hydrogens (tertiary/aromatic N) is 3. The standard InChI is InChI=1S/C8H17N5/c1-12(2)11-6-7-4-3-5-13(7)8(9)10/h6-7H,3-5H2,1-2H3,(H3,9,10). The zero-order chi connectivity index (χ0) is 9.84. The number of guanidine groups is 1. The van der Waals surface area contributed by atoms with Crippen LogP contribution >= 0.6 is 0 Å². The molecule has 0 radical (unpaired) electrons. The first-order valence-electron chi connectivity index (χ1n) is 4.43. The van der Waals surface area contributed by atoms with Gasteiger partial charge in [0.15, 0.2) is 5.96 Å². The second kappa shape index (κ2) is 4.11. The van der Waals surface area contributed by atoms with Gasteiger partial charge in [0.2, 0.25) is 0 Å². The van der Waals surface area contributed by atoms with E-state index in [2.05, 4.69) is 5.10 Å². The third-order valence-corrected chi connectivity index (χ3v) is 2.08. The molecule has 3 N–H and O–H groups in total. The zero-order valence-electron chi connectivity index (χ0n) is 8.20. The lowest BCUT2D eigenvalue weighted by Gasteiger charge is -2.21. The van der Waals surface area contributed by atoms with E-state index in [1.165, 1.54) is 0 Å². The third-order valence-electron chi connectivity index (χ3n) is 2.08. The number of hydrazone groups is 1. The molecule has 13 heavy (non-hydrogen) atoms. The molecule has 0 saturated carbocycles.